The molecule has 1 aliphatic rings. The summed E-state index contributed by atoms with van der Waals surface area (Å²) in [6, 6.07) is 3.48. The lowest BCUT2D eigenvalue weighted by atomic mass is 10.3. The molecule has 0 amide bonds. The van der Waals surface area contributed by atoms with Crippen molar-refractivity contribution >= 4 is 21.7 Å². The van der Waals surface area contributed by atoms with Crippen LogP contribution in [-0.2, 0) is 10.0 Å². The Bertz CT molecular complexity index is 479. The number of aromatic nitrogens is 2. The van der Waals surface area contributed by atoms with Gasteiger partial charge in [-0.15, -0.1) is 10.2 Å². The number of rotatable bonds is 2. The molecule has 0 unspecified atom stereocenters. The van der Waals surface area contributed by atoms with Crippen molar-refractivity contribution in [1.29, 1.82) is 0 Å². The highest BCUT2D eigenvalue weighted by molar-refractivity contribution is 7.88. The molecule has 0 aromatic carbocycles. The van der Waals surface area contributed by atoms with E-state index >= 15 is 0 Å². The minimum atomic E-state index is -3.09. The fourth-order valence-electron chi connectivity index (χ4n) is 1.75. The van der Waals surface area contributed by atoms with Crippen molar-refractivity contribution in [2.45, 2.75) is 0 Å². The molecule has 0 spiro atoms. The van der Waals surface area contributed by atoms with Gasteiger partial charge in [-0.3, -0.25) is 0 Å². The van der Waals surface area contributed by atoms with Crippen molar-refractivity contribution in [3.05, 3.63) is 12.1 Å². The Balaban J connectivity index is 2.02. The topological polar surface area (TPSA) is 92.4 Å². The van der Waals surface area contributed by atoms with Crippen LogP contribution in [0, 0.1) is 0 Å². The molecule has 94 valence electrons. The third-order valence-corrected chi connectivity index (χ3v) is 4.01. The third kappa shape index (κ3) is 2.83. The molecule has 1 aromatic heterocycles. The maximum Gasteiger partial charge on any atom is 0.211 e. The highest BCUT2D eigenvalue weighted by Crippen LogP contribution is 2.14. The monoisotopic (exact) mass is 257 g/mol. The van der Waals surface area contributed by atoms with Gasteiger partial charge in [-0.25, -0.2) is 8.42 Å². The van der Waals surface area contributed by atoms with Crippen LogP contribution in [0.15, 0.2) is 12.1 Å². The van der Waals surface area contributed by atoms with Gasteiger partial charge < -0.3 is 10.6 Å². The predicted octanol–water partition coefficient (Wildman–Crippen LogP) is -0.860. The minimum Gasteiger partial charge on any atom is -0.382 e. The Morgan fingerprint density at radius 2 is 1.82 bits per heavy atom. The average Bonchev–Trinajstić information content (AvgIpc) is 2.29. The molecule has 1 aliphatic heterocycles. The second kappa shape index (κ2) is 4.46. The van der Waals surface area contributed by atoms with E-state index in [1.165, 1.54) is 10.6 Å². The van der Waals surface area contributed by atoms with Gasteiger partial charge in [0.2, 0.25) is 10.0 Å². The molecule has 2 heterocycles. The number of hydrogen-bond acceptors (Lipinski definition) is 6. The summed E-state index contributed by atoms with van der Waals surface area (Å²) >= 11 is 0. The summed E-state index contributed by atoms with van der Waals surface area (Å²) in [4.78, 5) is 1.99. The van der Waals surface area contributed by atoms with Gasteiger partial charge in [-0.05, 0) is 12.1 Å². The van der Waals surface area contributed by atoms with Crippen LogP contribution in [0.4, 0.5) is 11.6 Å². The molecule has 1 fully saturated rings. The smallest absolute Gasteiger partial charge is 0.211 e. The SMILES string of the molecule is CS(=O)(=O)N1CCN(c2ccc(N)nn2)CC1. The lowest BCUT2D eigenvalue weighted by Crippen LogP contribution is -2.48. The van der Waals surface area contributed by atoms with E-state index in [1.807, 2.05) is 4.90 Å². The second-order valence-corrected chi connectivity index (χ2v) is 5.95. The minimum absolute atomic E-state index is 0.378. The van der Waals surface area contributed by atoms with Gasteiger partial charge in [0.25, 0.3) is 0 Å². The molecule has 0 atom stereocenters. The molecule has 1 aromatic rings. The van der Waals surface area contributed by atoms with E-state index < -0.39 is 10.0 Å². The molecule has 2 N–H and O–H groups in total. The highest BCUT2D eigenvalue weighted by atomic mass is 32.2. The van der Waals surface area contributed by atoms with Crippen molar-refractivity contribution in [3.8, 4) is 0 Å². The van der Waals surface area contributed by atoms with Crippen molar-refractivity contribution in [3.63, 3.8) is 0 Å². The third-order valence-electron chi connectivity index (χ3n) is 2.70. The van der Waals surface area contributed by atoms with Gasteiger partial charge in [0.1, 0.15) is 5.82 Å². The summed E-state index contributed by atoms with van der Waals surface area (Å²) in [5.41, 5.74) is 5.46. The summed E-state index contributed by atoms with van der Waals surface area (Å²) < 4.78 is 24.1. The highest BCUT2D eigenvalue weighted by Gasteiger charge is 2.23. The standard InChI is InChI=1S/C9H15N5O2S/c1-17(15,16)14-6-4-13(5-7-14)9-3-2-8(10)11-12-9/h2-3H,4-7H2,1H3,(H2,10,11). The number of nitrogens with two attached hydrogens (primary N) is 1. The van der Waals surface area contributed by atoms with Crippen molar-refractivity contribution in [2.75, 3.05) is 43.1 Å². The van der Waals surface area contributed by atoms with Gasteiger partial charge in [0, 0.05) is 26.2 Å². The number of hydrogen-bond donors (Lipinski definition) is 1. The lowest BCUT2D eigenvalue weighted by Gasteiger charge is -2.33. The van der Waals surface area contributed by atoms with Gasteiger partial charge in [0.05, 0.1) is 6.26 Å². The maximum absolute atomic E-state index is 11.3. The van der Waals surface area contributed by atoms with Crippen molar-refractivity contribution in [2.24, 2.45) is 0 Å². The summed E-state index contributed by atoms with van der Waals surface area (Å²) in [6.07, 6.45) is 1.23. The molecule has 0 bridgehead atoms. The summed E-state index contributed by atoms with van der Waals surface area (Å²) in [5, 5.41) is 7.75. The fourth-order valence-corrected chi connectivity index (χ4v) is 2.58. The van der Waals surface area contributed by atoms with Gasteiger partial charge in [-0.2, -0.15) is 4.31 Å². The first-order valence-electron chi connectivity index (χ1n) is 5.26. The summed E-state index contributed by atoms with van der Waals surface area (Å²) in [5.74, 6) is 1.11. The quantitative estimate of drug-likeness (QED) is 0.741. The molecule has 7 nitrogen and oxygen atoms in total. The van der Waals surface area contributed by atoms with Gasteiger partial charge >= 0.3 is 0 Å². The number of anilines is 2. The van der Waals surface area contributed by atoms with Gasteiger partial charge in [0.15, 0.2) is 5.82 Å². The van der Waals surface area contributed by atoms with Crippen LogP contribution in [0.1, 0.15) is 0 Å². The van der Waals surface area contributed by atoms with E-state index in [-0.39, 0.29) is 0 Å². The molecular weight excluding hydrogens is 242 g/mol. The normalized spacial score (nSPS) is 18.3. The first kappa shape index (κ1) is 12.1. The molecule has 1 saturated heterocycles. The average molecular weight is 257 g/mol. The van der Waals surface area contributed by atoms with Crippen LogP contribution in [-0.4, -0.2) is 55.4 Å². The molecule has 2 rings (SSSR count). The van der Waals surface area contributed by atoms with Crippen LogP contribution < -0.4 is 10.6 Å². The summed E-state index contributed by atoms with van der Waals surface area (Å²) in [6.45, 7) is 2.19. The number of nitrogen functional groups attached to an aromatic ring is 1. The Morgan fingerprint density at radius 3 is 2.29 bits per heavy atom. The van der Waals surface area contributed by atoms with Crippen LogP contribution in [0.5, 0.6) is 0 Å². The lowest BCUT2D eigenvalue weighted by molar-refractivity contribution is 0.386. The molecular formula is C9H15N5O2S. The van der Waals surface area contributed by atoms with E-state index in [0.29, 0.717) is 32.0 Å². The zero-order valence-electron chi connectivity index (χ0n) is 9.57. The zero-order valence-corrected chi connectivity index (χ0v) is 10.4. The van der Waals surface area contributed by atoms with Crippen LogP contribution in [0.25, 0.3) is 0 Å². The van der Waals surface area contributed by atoms with Gasteiger partial charge in [-0.1, -0.05) is 0 Å². The number of sulfonamides is 1. The number of piperazine rings is 1. The zero-order chi connectivity index (χ0) is 12.5. The van der Waals surface area contributed by atoms with E-state index in [9.17, 15) is 8.42 Å². The Hall–Kier alpha value is -1.41. The van der Waals surface area contributed by atoms with Crippen molar-refractivity contribution in [1.82, 2.24) is 14.5 Å². The molecule has 0 radical (unpaired) electrons. The second-order valence-electron chi connectivity index (χ2n) is 3.97. The van der Waals surface area contributed by atoms with Crippen LogP contribution in [0.3, 0.4) is 0 Å². The first-order chi connectivity index (χ1) is 7.97. The van der Waals surface area contributed by atoms with E-state index in [2.05, 4.69) is 10.2 Å². The molecule has 0 aliphatic carbocycles. The van der Waals surface area contributed by atoms with E-state index in [1.54, 1.807) is 12.1 Å². The summed E-state index contributed by atoms with van der Waals surface area (Å²) in [7, 11) is -3.09. The number of nitrogens with zero attached hydrogens (tertiary/aromatic N) is 4. The van der Waals surface area contributed by atoms with Crippen LogP contribution in [0.2, 0.25) is 0 Å². The fraction of sp³-hybridized carbons (Fsp3) is 0.556. The Kier molecular flexibility index (Phi) is 3.16. The Morgan fingerprint density at radius 1 is 1.18 bits per heavy atom. The van der Waals surface area contributed by atoms with E-state index in [4.69, 9.17) is 5.73 Å². The largest absolute Gasteiger partial charge is 0.382 e. The molecule has 8 heteroatoms. The van der Waals surface area contributed by atoms with Crippen LogP contribution >= 0.6 is 0 Å². The Labute approximate surface area is 100 Å². The maximum atomic E-state index is 11.3. The predicted molar refractivity (Wildman–Crippen MR) is 65.1 cm³/mol. The van der Waals surface area contributed by atoms with E-state index in [0.717, 1.165) is 5.82 Å². The first-order valence-corrected chi connectivity index (χ1v) is 7.11. The molecule has 17 heavy (non-hydrogen) atoms. The van der Waals surface area contributed by atoms with Crippen molar-refractivity contribution < 1.29 is 8.42 Å². The molecule has 0 saturated carbocycles.